The van der Waals surface area contributed by atoms with Crippen molar-refractivity contribution < 1.29 is 0 Å². The Bertz CT molecular complexity index is 1140. The number of benzene rings is 1. The fourth-order valence-electron chi connectivity index (χ4n) is 4.64. The summed E-state index contributed by atoms with van der Waals surface area (Å²) in [7, 11) is 0. The first kappa shape index (κ1) is 21.2. The zero-order chi connectivity index (χ0) is 21.3. The molecule has 2 aromatic heterocycles. The molecule has 1 saturated carbocycles. The highest BCUT2D eigenvalue weighted by Crippen LogP contribution is 2.23. The minimum absolute atomic E-state index is 0.0190. The van der Waals surface area contributed by atoms with Gasteiger partial charge >= 0.3 is 0 Å². The molecule has 0 aliphatic heterocycles. The van der Waals surface area contributed by atoms with Gasteiger partial charge in [-0.25, -0.2) is 4.68 Å². The molecule has 0 N–H and O–H groups in total. The Morgan fingerprint density at radius 3 is 2.63 bits per heavy atom. The van der Waals surface area contributed by atoms with Crippen molar-refractivity contribution in [3.63, 3.8) is 0 Å². The number of hydrogen-bond donors (Lipinski definition) is 0. The molecule has 2 heterocycles. The number of aromatic nitrogens is 4. The molecule has 3 aromatic rings. The van der Waals surface area contributed by atoms with Crippen molar-refractivity contribution in [2.24, 2.45) is 5.92 Å². The van der Waals surface area contributed by atoms with E-state index in [1.807, 2.05) is 37.9 Å². The van der Waals surface area contributed by atoms with Gasteiger partial charge in [-0.05, 0) is 56.1 Å². The van der Waals surface area contributed by atoms with Gasteiger partial charge in [-0.15, -0.1) is 5.10 Å². The first-order chi connectivity index (χ1) is 14.5. The predicted molar refractivity (Wildman–Crippen MR) is 124 cm³/mol. The SMILES string of the molecule is CCN(Cn1nc2n(CCC(C)C)c(=O)c3ccccc3n2c1=S)C1CCCCC1. The summed E-state index contributed by atoms with van der Waals surface area (Å²) in [5.74, 6) is 1.17. The Morgan fingerprint density at radius 2 is 1.93 bits per heavy atom. The number of para-hydroxylation sites is 1. The van der Waals surface area contributed by atoms with Gasteiger partial charge in [0.05, 0.1) is 17.6 Å². The van der Waals surface area contributed by atoms with Crippen LogP contribution in [0.5, 0.6) is 0 Å². The van der Waals surface area contributed by atoms with Gasteiger partial charge in [0.25, 0.3) is 5.56 Å². The Hall–Kier alpha value is -1.99. The Kier molecular flexibility index (Phi) is 6.39. The van der Waals surface area contributed by atoms with Crippen LogP contribution in [0.15, 0.2) is 29.1 Å². The molecule has 4 rings (SSSR count). The average molecular weight is 428 g/mol. The number of aryl methyl sites for hydroxylation is 1. The molecule has 7 heteroatoms. The molecule has 1 aliphatic carbocycles. The molecule has 1 fully saturated rings. The first-order valence-corrected chi connectivity index (χ1v) is 11.8. The van der Waals surface area contributed by atoms with Crippen LogP contribution in [0, 0.1) is 10.7 Å². The van der Waals surface area contributed by atoms with Crippen LogP contribution < -0.4 is 5.56 Å². The van der Waals surface area contributed by atoms with E-state index in [1.165, 1.54) is 32.1 Å². The van der Waals surface area contributed by atoms with Gasteiger partial charge < -0.3 is 0 Å². The van der Waals surface area contributed by atoms with Crippen LogP contribution in [-0.4, -0.2) is 36.2 Å². The maximum absolute atomic E-state index is 13.3. The number of nitrogens with zero attached hydrogens (tertiary/aromatic N) is 5. The van der Waals surface area contributed by atoms with Gasteiger partial charge in [0.2, 0.25) is 10.5 Å². The Balaban J connectivity index is 1.83. The molecule has 0 unspecified atom stereocenters. The molecule has 0 atom stereocenters. The summed E-state index contributed by atoms with van der Waals surface area (Å²) in [4.78, 5) is 15.7. The largest absolute Gasteiger partial charge is 0.282 e. The standard InChI is InChI=1S/C23H33N5OS/c1-4-25(18-10-6-5-7-11-18)16-27-23(30)28-20-13-9-8-12-19(20)21(29)26(22(28)24-27)15-14-17(2)3/h8-9,12-13,17-18H,4-7,10-11,14-16H2,1-3H3. The highest BCUT2D eigenvalue weighted by molar-refractivity contribution is 7.71. The maximum Gasteiger partial charge on any atom is 0.262 e. The summed E-state index contributed by atoms with van der Waals surface area (Å²) in [6.45, 7) is 8.86. The summed E-state index contributed by atoms with van der Waals surface area (Å²) in [5.41, 5.74) is 0.862. The molecule has 1 aliphatic rings. The Labute approximate surface area is 183 Å². The normalized spacial score (nSPS) is 15.8. The molecular formula is C23H33N5OS. The lowest BCUT2D eigenvalue weighted by atomic mass is 9.94. The second kappa shape index (κ2) is 9.02. The highest BCUT2D eigenvalue weighted by atomic mass is 32.1. The monoisotopic (exact) mass is 427 g/mol. The maximum atomic E-state index is 13.3. The minimum Gasteiger partial charge on any atom is -0.282 e. The van der Waals surface area contributed by atoms with Gasteiger partial charge in [0, 0.05) is 12.6 Å². The van der Waals surface area contributed by atoms with Crippen LogP contribution in [-0.2, 0) is 13.2 Å². The van der Waals surface area contributed by atoms with Crippen LogP contribution >= 0.6 is 12.2 Å². The van der Waals surface area contributed by atoms with Crippen LogP contribution in [0.4, 0.5) is 0 Å². The van der Waals surface area contributed by atoms with Crippen molar-refractivity contribution in [2.45, 2.75) is 78.6 Å². The third-order valence-corrected chi connectivity index (χ3v) is 6.82. The average Bonchev–Trinajstić information content (AvgIpc) is 3.08. The van der Waals surface area contributed by atoms with E-state index in [1.54, 1.807) is 0 Å². The molecule has 0 saturated heterocycles. The fraction of sp³-hybridized carbons (Fsp3) is 0.609. The second-order valence-electron chi connectivity index (χ2n) is 8.91. The number of fused-ring (bicyclic) bond motifs is 3. The Morgan fingerprint density at radius 1 is 1.20 bits per heavy atom. The zero-order valence-electron chi connectivity index (χ0n) is 18.4. The van der Waals surface area contributed by atoms with E-state index in [-0.39, 0.29) is 5.56 Å². The van der Waals surface area contributed by atoms with E-state index in [9.17, 15) is 4.79 Å². The van der Waals surface area contributed by atoms with Crippen molar-refractivity contribution in [3.8, 4) is 0 Å². The number of hydrogen-bond acceptors (Lipinski definition) is 4. The third kappa shape index (κ3) is 3.97. The molecule has 0 bridgehead atoms. The predicted octanol–water partition coefficient (Wildman–Crippen LogP) is 4.84. The van der Waals surface area contributed by atoms with E-state index < -0.39 is 0 Å². The lowest BCUT2D eigenvalue weighted by Gasteiger charge is -2.33. The van der Waals surface area contributed by atoms with Crippen molar-refractivity contribution >= 4 is 28.9 Å². The number of rotatable bonds is 7. The van der Waals surface area contributed by atoms with Gasteiger partial charge in [0.1, 0.15) is 0 Å². The van der Waals surface area contributed by atoms with E-state index in [2.05, 4.69) is 25.7 Å². The lowest BCUT2D eigenvalue weighted by Crippen LogP contribution is -2.38. The molecule has 162 valence electrons. The minimum atomic E-state index is 0.0190. The lowest BCUT2D eigenvalue weighted by molar-refractivity contribution is 0.119. The van der Waals surface area contributed by atoms with Crippen molar-refractivity contribution in [1.82, 2.24) is 23.6 Å². The summed E-state index contributed by atoms with van der Waals surface area (Å²) < 4.78 is 6.38. The molecule has 0 radical (unpaired) electrons. The van der Waals surface area contributed by atoms with Crippen LogP contribution in [0.25, 0.3) is 16.7 Å². The van der Waals surface area contributed by atoms with Gasteiger partial charge in [-0.3, -0.25) is 18.7 Å². The molecule has 30 heavy (non-hydrogen) atoms. The summed E-state index contributed by atoms with van der Waals surface area (Å²) >= 11 is 5.88. The van der Waals surface area contributed by atoms with Gasteiger partial charge in [-0.1, -0.05) is 52.2 Å². The summed E-state index contributed by atoms with van der Waals surface area (Å²) in [6, 6.07) is 8.33. The molecule has 0 amide bonds. The van der Waals surface area contributed by atoms with Crippen molar-refractivity contribution in [3.05, 3.63) is 39.4 Å². The van der Waals surface area contributed by atoms with E-state index in [4.69, 9.17) is 17.3 Å². The summed E-state index contributed by atoms with van der Waals surface area (Å²) in [6.07, 6.45) is 7.37. The molecular weight excluding hydrogens is 394 g/mol. The third-order valence-electron chi connectivity index (χ3n) is 6.43. The second-order valence-corrected chi connectivity index (χ2v) is 9.28. The van der Waals surface area contributed by atoms with Crippen LogP contribution in [0.2, 0.25) is 0 Å². The van der Waals surface area contributed by atoms with E-state index in [0.717, 1.165) is 18.5 Å². The molecule has 1 aromatic carbocycles. The van der Waals surface area contributed by atoms with E-state index in [0.29, 0.717) is 41.1 Å². The zero-order valence-corrected chi connectivity index (χ0v) is 19.2. The van der Waals surface area contributed by atoms with Crippen LogP contribution in [0.3, 0.4) is 0 Å². The molecule has 0 spiro atoms. The van der Waals surface area contributed by atoms with Crippen molar-refractivity contribution in [1.29, 1.82) is 0 Å². The van der Waals surface area contributed by atoms with Crippen molar-refractivity contribution in [2.75, 3.05) is 6.54 Å². The first-order valence-electron chi connectivity index (χ1n) is 11.4. The van der Waals surface area contributed by atoms with Gasteiger partial charge in [-0.2, -0.15) is 0 Å². The van der Waals surface area contributed by atoms with E-state index >= 15 is 0 Å². The fourth-order valence-corrected chi connectivity index (χ4v) is 4.92. The van der Waals surface area contributed by atoms with Gasteiger partial charge in [0.15, 0.2) is 0 Å². The summed E-state index contributed by atoms with van der Waals surface area (Å²) in [5, 5.41) is 5.58. The highest BCUT2D eigenvalue weighted by Gasteiger charge is 2.22. The smallest absolute Gasteiger partial charge is 0.262 e. The topological polar surface area (TPSA) is 47.5 Å². The molecule has 6 nitrogen and oxygen atoms in total. The van der Waals surface area contributed by atoms with Crippen LogP contribution in [0.1, 0.15) is 59.3 Å². The quantitative estimate of drug-likeness (QED) is 0.506.